The van der Waals surface area contributed by atoms with Gasteiger partial charge in [0.25, 0.3) is 5.91 Å². The van der Waals surface area contributed by atoms with E-state index in [2.05, 4.69) is 0 Å². The number of hydrogen-bond acceptors (Lipinski definition) is 2. The highest BCUT2D eigenvalue weighted by Crippen LogP contribution is 2.36. The summed E-state index contributed by atoms with van der Waals surface area (Å²) in [6, 6.07) is 10.2. The fourth-order valence-electron chi connectivity index (χ4n) is 2.94. The molecule has 1 heterocycles. The number of nitrogens with zero attached hydrogens (tertiary/aromatic N) is 2. The lowest BCUT2D eigenvalue weighted by molar-refractivity contribution is -0.123. The maximum atomic E-state index is 14.0. The molecule has 3 rings (SSSR count). The van der Waals surface area contributed by atoms with E-state index in [1.165, 1.54) is 36.2 Å². The SMILES string of the molecule is CN1C(=O)N(c2cc(Cl)cc(Cl)c2)C(=O)C1(C)Cc1ccccc1F. The van der Waals surface area contributed by atoms with E-state index >= 15 is 0 Å². The largest absolute Gasteiger partial charge is 0.332 e. The summed E-state index contributed by atoms with van der Waals surface area (Å²) in [6.45, 7) is 1.62. The molecule has 7 heteroatoms. The van der Waals surface area contributed by atoms with Crippen LogP contribution in [0.1, 0.15) is 12.5 Å². The van der Waals surface area contributed by atoms with E-state index in [4.69, 9.17) is 23.2 Å². The van der Waals surface area contributed by atoms with E-state index in [1.807, 2.05) is 0 Å². The lowest BCUT2D eigenvalue weighted by Gasteiger charge is -2.28. The highest BCUT2D eigenvalue weighted by molar-refractivity contribution is 6.35. The molecule has 2 aromatic carbocycles. The topological polar surface area (TPSA) is 40.6 Å². The molecule has 0 saturated carbocycles. The summed E-state index contributed by atoms with van der Waals surface area (Å²) in [5.74, 6) is -0.872. The molecule has 0 N–H and O–H groups in total. The van der Waals surface area contributed by atoms with Crippen molar-refractivity contribution < 1.29 is 14.0 Å². The first kappa shape index (κ1) is 17.7. The molecule has 3 amide bonds. The van der Waals surface area contributed by atoms with Crippen LogP contribution in [-0.2, 0) is 11.2 Å². The molecule has 0 aliphatic carbocycles. The lowest BCUT2D eigenvalue weighted by atomic mass is 9.91. The Labute approximate surface area is 154 Å². The van der Waals surface area contributed by atoms with Gasteiger partial charge >= 0.3 is 6.03 Å². The first-order valence-electron chi connectivity index (χ1n) is 7.56. The van der Waals surface area contributed by atoms with Crippen LogP contribution in [0.4, 0.5) is 14.9 Å². The molecule has 1 aliphatic rings. The van der Waals surface area contributed by atoms with Gasteiger partial charge in [0.2, 0.25) is 0 Å². The van der Waals surface area contributed by atoms with E-state index in [1.54, 1.807) is 25.1 Å². The molecular formula is C18H15Cl2FN2O2. The quantitative estimate of drug-likeness (QED) is 0.733. The Bertz CT molecular complexity index is 854. The van der Waals surface area contributed by atoms with Gasteiger partial charge < -0.3 is 4.90 Å². The standard InChI is InChI=1S/C18H15Cl2FN2O2/c1-18(10-11-5-3-4-6-15(11)21)16(24)23(17(25)22(18)2)14-8-12(19)7-13(20)9-14/h3-9H,10H2,1-2H3. The van der Waals surface area contributed by atoms with Crippen LogP contribution in [0.2, 0.25) is 10.0 Å². The van der Waals surface area contributed by atoms with Gasteiger partial charge in [0.1, 0.15) is 11.4 Å². The molecule has 1 saturated heterocycles. The van der Waals surface area contributed by atoms with Gasteiger partial charge in [-0.15, -0.1) is 0 Å². The first-order valence-corrected chi connectivity index (χ1v) is 8.31. The van der Waals surface area contributed by atoms with Gasteiger partial charge in [0, 0.05) is 23.5 Å². The average Bonchev–Trinajstić information content (AvgIpc) is 2.70. The highest BCUT2D eigenvalue weighted by atomic mass is 35.5. The second-order valence-electron chi connectivity index (χ2n) is 6.15. The molecule has 130 valence electrons. The normalized spacial score (nSPS) is 20.5. The number of carbonyl (C=O) groups excluding carboxylic acids is 2. The molecule has 4 nitrogen and oxygen atoms in total. The van der Waals surface area contributed by atoms with E-state index in [-0.39, 0.29) is 12.1 Å². The van der Waals surface area contributed by atoms with Crippen molar-refractivity contribution in [1.82, 2.24) is 4.90 Å². The third kappa shape index (κ3) is 2.98. The molecule has 0 spiro atoms. The van der Waals surface area contributed by atoms with Gasteiger partial charge in [-0.3, -0.25) is 4.79 Å². The molecule has 1 aliphatic heterocycles. The number of imide groups is 1. The summed E-state index contributed by atoms with van der Waals surface area (Å²) >= 11 is 12.0. The van der Waals surface area contributed by atoms with Crippen LogP contribution in [-0.4, -0.2) is 29.4 Å². The van der Waals surface area contributed by atoms with Gasteiger partial charge in [-0.1, -0.05) is 41.4 Å². The lowest BCUT2D eigenvalue weighted by Crippen LogP contribution is -2.47. The van der Waals surface area contributed by atoms with Crippen LogP contribution < -0.4 is 4.90 Å². The number of halogens is 3. The number of amides is 3. The molecular weight excluding hydrogens is 366 g/mol. The van der Waals surface area contributed by atoms with E-state index < -0.39 is 23.3 Å². The molecule has 1 fully saturated rings. The summed E-state index contributed by atoms with van der Waals surface area (Å²) in [4.78, 5) is 28.1. The third-order valence-electron chi connectivity index (χ3n) is 4.48. The minimum Gasteiger partial charge on any atom is -0.312 e. The number of hydrogen-bond donors (Lipinski definition) is 0. The van der Waals surface area contributed by atoms with Gasteiger partial charge in [-0.25, -0.2) is 14.1 Å². The summed E-state index contributed by atoms with van der Waals surface area (Å²) in [7, 11) is 1.52. The minimum absolute atomic E-state index is 0.0611. The summed E-state index contributed by atoms with van der Waals surface area (Å²) in [5.41, 5.74) is -0.561. The maximum Gasteiger partial charge on any atom is 0.332 e. The minimum atomic E-state index is -1.21. The summed E-state index contributed by atoms with van der Waals surface area (Å²) in [5, 5.41) is 0.627. The molecule has 0 radical (unpaired) electrons. The van der Waals surface area contributed by atoms with Crippen LogP contribution >= 0.6 is 23.2 Å². The zero-order chi connectivity index (χ0) is 18.4. The van der Waals surface area contributed by atoms with Gasteiger partial charge in [0.15, 0.2) is 0 Å². The van der Waals surface area contributed by atoms with E-state index in [9.17, 15) is 14.0 Å². The highest BCUT2D eigenvalue weighted by Gasteiger charge is 2.53. The molecule has 0 aromatic heterocycles. The maximum absolute atomic E-state index is 14.0. The van der Waals surface area contributed by atoms with Crippen molar-refractivity contribution in [3.8, 4) is 0 Å². The van der Waals surface area contributed by atoms with Crippen LogP contribution in [0.3, 0.4) is 0 Å². The molecule has 1 unspecified atom stereocenters. The van der Waals surface area contributed by atoms with Crippen LogP contribution in [0.15, 0.2) is 42.5 Å². The Morgan fingerprint density at radius 3 is 2.28 bits per heavy atom. The fourth-order valence-corrected chi connectivity index (χ4v) is 3.45. The Kier molecular flexibility index (Phi) is 4.47. The van der Waals surface area contributed by atoms with Gasteiger partial charge in [-0.05, 0) is 36.8 Å². The Hall–Kier alpha value is -2.11. The second-order valence-corrected chi connectivity index (χ2v) is 7.02. The molecule has 2 aromatic rings. The predicted octanol–water partition coefficient (Wildman–Crippen LogP) is 4.53. The van der Waals surface area contributed by atoms with Crippen LogP contribution in [0.5, 0.6) is 0 Å². The Morgan fingerprint density at radius 1 is 1.08 bits per heavy atom. The fraction of sp³-hybridized carbons (Fsp3) is 0.222. The number of benzene rings is 2. The second kappa shape index (κ2) is 6.32. The smallest absolute Gasteiger partial charge is 0.312 e. The van der Waals surface area contributed by atoms with Crippen molar-refractivity contribution in [2.45, 2.75) is 18.9 Å². The number of carbonyl (C=O) groups is 2. The third-order valence-corrected chi connectivity index (χ3v) is 4.92. The first-order chi connectivity index (χ1) is 11.7. The number of anilines is 1. The average molecular weight is 381 g/mol. The van der Waals surface area contributed by atoms with Crippen LogP contribution in [0.25, 0.3) is 0 Å². The van der Waals surface area contributed by atoms with Crippen molar-refractivity contribution in [2.24, 2.45) is 0 Å². The molecule has 0 bridgehead atoms. The Balaban J connectivity index is 2.01. The molecule has 25 heavy (non-hydrogen) atoms. The monoisotopic (exact) mass is 380 g/mol. The van der Waals surface area contributed by atoms with Crippen molar-refractivity contribution in [1.29, 1.82) is 0 Å². The molecule has 1 atom stereocenters. The van der Waals surface area contributed by atoms with Gasteiger partial charge in [0.05, 0.1) is 5.69 Å². The summed E-state index contributed by atoms with van der Waals surface area (Å²) < 4.78 is 14.0. The summed E-state index contributed by atoms with van der Waals surface area (Å²) in [6.07, 6.45) is 0.0611. The number of urea groups is 1. The van der Waals surface area contributed by atoms with E-state index in [0.717, 1.165) is 4.90 Å². The van der Waals surface area contributed by atoms with E-state index in [0.29, 0.717) is 15.6 Å². The van der Waals surface area contributed by atoms with Crippen molar-refractivity contribution >= 4 is 40.8 Å². The van der Waals surface area contributed by atoms with Gasteiger partial charge in [-0.2, -0.15) is 0 Å². The number of rotatable bonds is 3. The zero-order valence-electron chi connectivity index (χ0n) is 13.6. The van der Waals surface area contributed by atoms with Crippen molar-refractivity contribution in [2.75, 3.05) is 11.9 Å². The van der Waals surface area contributed by atoms with Crippen molar-refractivity contribution in [3.63, 3.8) is 0 Å². The Morgan fingerprint density at radius 2 is 1.68 bits per heavy atom. The zero-order valence-corrected chi connectivity index (χ0v) is 15.1. The van der Waals surface area contributed by atoms with Crippen molar-refractivity contribution in [3.05, 3.63) is 63.9 Å². The van der Waals surface area contributed by atoms with Crippen LogP contribution in [0, 0.1) is 5.82 Å². The number of likely N-dealkylation sites (N-methyl/N-ethyl adjacent to an activating group) is 1. The predicted molar refractivity (Wildman–Crippen MR) is 95.6 cm³/mol.